The second-order valence-corrected chi connectivity index (χ2v) is 5.78. The largest absolute Gasteiger partial charge is 0.471 e. The number of hydrogen-bond acceptors (Lipinski definition) is 5. The van der Waals surface area contributed by atoms with Gasteiger partial charge in [-0.2, -0.15) is 18.2 Å². The van der Waals surface area contributed by atoms with Crippen LogP contribution < -0.4 is 5.32 Å². The van der Waals surface area contributed by atoms with E-state index < -0.39 is 29.9 Å². The highest BCUT2D eigenvalue weighted by Gasteiger charge is 2.38. The second-order valence-electron chi connectivity index (χ2n) is 5.78. The van der Waals surface area contributed by atoms with E-state index in [0.29, 0.717) is 5.56 Å². The number of carbonyl (C=O) groups excluding carboxylic acids is 1. The molecule has 1 aromatic heterocycles. The molecular formula is C18H13F4N3O3. The van der Waals surface area contributed by atoms with Crippen LogP contribution in [0.2, 0.25) is 0 Å². The predicted molar refractivity (Wildman–Crippen MR) is 88.4 cm³/mol. The number of nitrogens with one attached hydrogen (secondary N) is 1. The molecule has 3 aromatic rings. The topological polar surface area (TPSA) is 88.2 Å². The standard InChI is InChI=1S/C18H13F4N3O3/c19-13-3-1-2-12(8-13)14(26)9-23-16(27)11-6-4-10(5-7-11)15-24-17(28-25-15)18(20,21)22/h1-8,14,26H,9H2,(H,23,27)/t14-/m0/s1. The Morgan fingerprint density at radius 3 is 2.50 bits per heavy atom. The maximum atomic E-state index is 13.2. The maximum Gasteiger partial charge on any atom is 0.471 e. The normalized spacial score (nSPS) is 12.6. The van der Waals surface area contributed by atoms with Crippen LogP contribution in [0, 0.1) is 5.82 Å². The van der Waals surface area contributed by atoms with Gasteiger partial charge in [-0.1, -0.05) is 29.4 Å². The average molecular weight is 395 g/mol. The quantitative estimate of drug-likeness (QED) is 0.647. The monoisotopic (exact) mass is 395 g/mol. The van der Waals surface area contributed by atoms with Crippen molar-refractivity contribution in [3.05, 3.63) is 71.4 Å². The molecule has 0 fully saturated rings. The number of nitrogens with zero attached hydrogens (tertiary/aromatic N) is 2. The molecule has 1 atom stereocenters. The van der Waals surface area contributed by atoms with Gasteiger partial charge in [-0.15, -0.1) is 0 Å². The van der Waals surface area contributed by atoms with E-state index in [1.807, 2.05) is 0 Å². The van der Waals surface area contributed by atoms with E-state index in [-0.39, 0.29) is 23.5 Å². The Morgan fingerprint density at radius 1 is 1.18 bits per heavy atom. The fraction of sp³-hybridized carbons (Fsp3) is 0.167. The molecular weight excluding hydrogens is 382 g/mol. The first-order valence-corrected chi connectivity index (χ1v) is 7.97. The number of aliphatic hydroxyl groups is 1. The van der Waals surface area contributed by atoms with Crippen molar-refractivity contribution in [3.63, 3.8) is 0 Å². The lowest BCUT2D eigenvalue weighted by atomic mass is 10.1. The average Bonchev–Trinajstić information content (AvgIpc) is 3.16. The number of aliphatic hydroxyl groups excluding tert-OH is 1. The molecule has 0 bridgehead atoms. The van der Waals surface area contributed by atoms with Gasteiger partial charge in [-0.25, -0.2) is 4.39 Å². The Balaban J connectivity index is 1.63. The zero-order valence-corrected chi connectivity index (χ0v) is 14.1. The summed E-state index contributed by atoms with van der Waals surface area (Å²) in [5.41, 5.74) is 0.749. The molecule has 2 aromatic carbocycles. The number of aromatic nitrogens is 2. The SMILES string of the molecule is O=C(NC[C@H](O)c1cccc(F)c1)c1ccc(-c2noc(C(F)(F)F)n2)cc1. The Morgan fingerprint density at radius 2 is 1.89 bits per heavy atom. The summed E-state index contributed by atoms with van der Waals surface area (Å²) in [7, 11) is 0. The number of alkyl halides is 3. The Bertz CT molecular complexity index is 971. The number of halogens is 4. The molecule has 10 heteroatoms. The summed E-state index contributed by atoms with van der Waals surface area (Å²) in [5, 5.41) is 15.7. The summed E-state index contributed by atoms with van der Waals surface area (Å²) in [5.74, 6) is -2.75. The number of hydrogen-bond donors (Lipinski definition) is 2. The van der Waals surface area contributed by atoms with Crippen molar-refractivity contribution in [2.45, 2.75) is 12.3 Å². The first kappa shape index (κ1) is 19.5. The molecule has 0 unspecified atom stereocenters. The molecule has 0 aliphatic carbocycles. The summed E-state index contributed by atoms with van der Waals surface area (Å²) in [6.45, 7) is -0.149. The number of benzene rings is 2. The molecule has 0 aliphatic rings. The molecule has 1 heterocycles. The van der Waals surface area contributed by atoms with Crippen LogP contribution in [0.25, 0.3) is 11.4 Å². The van der Waals surface area contributed by atoms with Crippen LogP contribution in [0.5, 0.6) is 0 Å². The molecule has 0 spiro atoms. The molecule has 0 saturated carbocycles. The maximum absolute atomic E-state index is 13.2. The van der Waals surface area contributed by atoms with Crippen LogP contribution in [-0.4, -0.2) is 27.7 Å². The summed E-state index contributed by atoms with van der Waals surface area (Å²) < 4.78 is 54.8. The first-order chi connectivity index (χ1) is 13.2. The molecule has 1 amide bonds. The van der Waals surface area contributed by atoms with Gasteiger partial charge >= 0.3 is 12.1 Å². The van der Waals surface area contributed by atoms with E-state index in [2.05, 4.69) is 20.0 Å². The minimum absolute atomic E-state index is 0.149. The highest BCUT2D eigenvalue weighted by molar-refractivity contribution is 5.94. The Hall–Kier alpha value is -3.27. The van der Waals surface area contributed by atoms with E-state index in [0.717, 1.165) is 6.07 Å². The summed E-state index contributed by atoms with van der Waals surface area (Å²) in [6, 6.07) is 10.8. The van der Waals surface area contributed by atoms with Crippen LogP contribution in [0.15, 0.2) is 53.1 Å². The van der Waals surface area contributed by atoms with Crippen molar-refractivity contribution >= 4 is 5.91 Å². The molecule has 3 rings (SSSR count). The Labute approximate surface area is 155 Å². The van der Waals surface area contributed by atoms with Crippen LogP contribution in [-0.2, 0) is 6.18 Å². The van der Waals surface area contributed by atoms with Gasteiger partial charge in [-0.3, -0.25) is 4.79 Å². The minimum atomic E-state index is -4.74. The molecule has 0 saturated heterocycles. The molecule has 0 aliphatic heterocycles. The molecule has 146 valence electrons. The van der Waals surface area contributed by atoms with Gasteiger partial charge in [0.15, 0.2) is 0 Å². The van der Waals surface area contributed by atoms with Gasteiger partial charge in [0.25, 0.3) is 5.91 Å². The minimum Gasteiger partial charge on any atom is -0.387 e. The molecule has 0 radical (unpaired) electrons. The second kappa shape index (κ2) is 7.77. The van der Waals surface area contributed by atoms with E-state index in [9.17, 15) is 27.5 Å². The summed E-state index contributed by atoms with van der Waals surface area (Å²) in [4.78, 5) is 15.4. The smallest absolute Gasteiger partial charge is 0.387 e. The zero-order chi connectivity index (χ0) is 20.3. The van der Waals surface area contributed by atoms with E-state index >= 15 is 0 Å². The van der Waals surface area contributed by atoms with Crippen molar-refractivity contribution < 1.29 is 32.0 Å². The number of carbonyl (C=O) groups is 1. The Kier molecular flexibility index (Phi) is 5.41. The van der Waals surface area contributed by atoms with E-state index in [4.69, 9.17) is 0 Å². The molecule has 6 nitrogen and oxygen atoms in total. The summed E-state index contributed by atoms with van der Waals surface area (Å²) >= 11 is 0. The van der Waals surface area contributed by atoms with Crippen LogP contribution >= 0.6 is 0 Å². The third-order valence-electron chi connectivity index (χ3n) is 3.76. The number of amides is 1. The van der Waals surface area contributed by atoms with Crippen LogP contribution in [0.3, 0.4) is 0 Å². The van der Waals surface area contributed by atoms with Crippen LogP contribution in [0.1, 0.15) is 27.9 Å². The molecule has 2 N–H and O–H groups in total. The predicted octanol–water partition coefficient (Wildman–Crippen LogP) is 3.36. The van der Waals surface area contributed by atoms with Crippen LogP contribution in [0.4, 0.5) is 17.6 Å². The van der Waals surface area contributed by atoms with Gasteiger partial charge in [0.2, 0.25) is 5.82 Å². The van der Waals surface area contributed by atoms with Gasteiger partial charge in [0, 0.05) is 17.7 Å². The lowest BCUT2D eigenvalue weighted by Gasteiger charge is -2.12. The molecule has 28 heavy (non-hydrogen) atoms. The van der Waals surface area contributed by atoms with Crippen molar-refractivity contribution in [2.75, 3.05) is 6.54 Å². The van der Waals surface area contributed by atoms with Gasteiger partial charge in [0.05, 0.1) is 6.10 Å². The van der Waals surface area contributed by atoms with Gasteiger partial charge < -0.3 is 14.9 Å². The highest BCUT2D eigenvalue weighted by atomic mass is 19.4. The lowest BCUT2D eigenvalue weighted by Crippen LogP contribution is -2.28. The van der Waals surface area contributed by atoms with E-state index in [1.165, 1.54) is 42.5 Å². The van der Waals surface area contributed by atoms with Crippen molar-refractivity contribution in [3.8, 4) is 11.4 Å². The fourth-order valence-electron chi connectivity index (χ4n) is 2.35. The summed E-state index contributed by atoms with van der Waals surface area (Å²) in [6.07, 6.45) is -5.84. The van der Waals surface area contributed by atoms with Crippen molar-refractivity contribution in [1.82, 2.24) is 15.5 Å². The highest BCUT2D eigenvalue weighted by Crippen LogP contribution is 2.29. The van der Waals surface area contributed by atoms with Crippen molar-refractivity contribution in [1.29, 1.82) is 0 Å². The first-order valence-electron chi connectivity index (χ1n) is 7.97. The third kappa shape index (κ3) is 4.52. The van der Waals surface area contributed by atoms with Gasteiger partial charge in [-0.05, 0) is 29.8 Å². The number of rotatable bonds is 5. The van der Waals surface area contributed by atoms with Gasteiger partial charge in [0.1, 0.15) is 5.82 Å². The van der Waals surface area contributed by atoms with Crippen molar-refractivity contribution in [2.24, 2.45) is 0 Å². The van der Waals surface area contributed by atoms with E-state index in [1.54, 1.807) is 0 Å². The fourth-order valence-corrected chi connectivity index (χ4v) is 2.35. The zero-order valence-electron chi connectivity index (χ0n) is 14.1. The third-order valence-corrected chi connectivity index (χ3v) is 3.76. The lowest BCUT2D eigenvalue weighted by molar-refractivity contribution is -0.159.